The molecule has 1 spiro atoms. The van der Waals surface area contributed by atoms with Crippen LogP contribution in [0.15, 0.2) is 0 Å². The summed E-state index contributed by atoms with van der Waals surface area (Å²) in [6.45, 7) is 3.67. The van der Waals surface area contributed by atoms with Crippen molar-refractivity contribution >= 4 is 11.8 Å². The second-order valence-corrected chi connectivity index (χ2v) is 7.09. The summed E-state index contributed by atoms with van der Waals surface area (Å²) in [7, 11) is 2.16. The van der Waals surface area contributed by atoms with E-state index in [0.717, 1.165) is 58.2 Å². The van der Waals surface area contributed by atoms with Crippen molar-refractivity contribution < 1.29 is 9.59 Å². The smallest absolute Gasteiger partial charge is 0.248 e. The molecule has 1 aliphatic carbocycles. The fourth-order valence-corrected chi connectivity index (χ4v) is 4.07. The second kappa shape index (κ2) is 5.95. The van der Waals surface area contributed by atoms with Crippen molar-refractivity contribution in [2.45, 2.75) is 50.5 Å². The number of amides is 2. The topological polar surface area (TPSA) is 52.6 Å². The quantitative estimate of drug-likeness (QED) is 0.826. The SMILES string of the molecule is CN1CCC(CN2CCC(=O)NC3(CCCC3)C2=O)CC1. The number of carbonyl (C=O) groups excluding carboxylic acids is 2. The predicted octanol–water partition coefficient (Wildman–Crippen LogP) is 0.989. The Labute approximate surface area is 127 Å². The summed E-state index contributed by atoms with van der Waals surface area (Å²) in [6, 6.07) is 0. The maximum atomic E-state index is 13.0. The summed E-state index contributed by atoms with van der Waals surface area (Å²) in [6.07, 6.45) is 6.52. The van der Waals surface area contributed by atoms with Gasteiger partial charge in [-0.3, -0.25) is 9.59 Å². The molecule has 1 saturated carbocycles. The lowest BCUT2D eigenvalue weighted by atomic mass is 9.93. The van der Waals surface area contributed by atoms with Gasteiger partial charge >= 0.3 is 0 Å². The van der Waals surface area contributed by atoms with Crippen LogP contribution < -0.4 is 5.32 Å². The minimum atomic E-state index is -0.570. The lowest BCUT2D eigenvalue weighted by Crippen LogP contribution is -2.56. The van der Waals surface area contributed by atoms with E-state index in [9.17, 15) is 9.59 Å². The van der Waals surface area contributed by atoms with Gasteiger partial charge in [0.2, 0.25) is 11.8 Å². The molecule has 118 valence electrons. The van der Waals surface area contributed by atoms with Crippen LogP contribution >= 0.6 is 0 Å². The van der Waals surface area contributed by atoms with Gasteiger partial charge in [-0.1, -0.05) is 12.8 Å². The van der Waals surface area contributed by atoms with E-state index in [1.165, 1.54) is 0 Å². The molecule has 0 aromatic heterocycles. The molecule has 0 radical (unpaired) electrons. The van der Waals surface area contributed by atoms with Gasteiger partial charge in [0.05, 0.1) is 0 Å². The largest absolute Gasteiger partial charge is 0.342 e. The van der Waals surface area contributed by atoms with Crippen molar-refractivity contribution in [3.8, 4) is 0 Å². The summed E-state index contributed by atoms with van der Waals surface area (Å²) < 4.78 is 0. The Kier molecular flexibility index (Phi) is 4.20. The van der Waals surface area contributed by atoms with E-state index in [4.69, 9.17) is 0 Å². The molecule has 0 bridgehead atoms. The molecule has 21 heavy (non-hydrogen) atoms. The minimum absolute atomic E-state index is 0.0520. The number of nitrogens with one attached hydrogen (secondary N) is 1. The molecule has 0 atom stereocenters. The Morgan fingerprint density at radius 2 is 1.81 bits per heavy atom. The first-order valence-electron chi connectivity index (χ1n) is 8.38. The Balaban J connectivity index is 1.68. The lowest BCUT2D eigenvalue weighted by Gasteiger charge is -2.36. The first-order chi connectivity index (χ1) is 10.1. The Morgan fingerprint density at radius 3 is 2.48 bits per heavy atom. The van der Waals surface area contributed by atoms with Gasteiger partial charge < -0.3 is 15.1 Å². The Bertz CT molecular complexity index is 410. The van der Waals surface area contributed by atoms with Gasteiger partial charge in [-0.05, 0) is 51.7 Å². The zero-order valence-corrected chi connectivity index (χ0v) is 13.1. The van der Waals surface area contributed by atoms with Gasteiger partial charge in [-0.25, -0.2) is 0 Å². The van der Waals surface area contributed by atoms with Gasteiger partial charge in [0, 0.05) is 19.5 Å². The number of rotatable bonds is 2. The number of nitrogens with zero attached hydrogens (tertiary/aromatic N) is 2. The second-order valence-electron chi connectivity index (χ2n) is 7.09. The van der Waals surface area contributed by atoms with Crippen LogP contribution in [0.4, 0.5) is 0 Å². The monoisotopic (exact) mass is 293 g/mol. The van der Waals surface area contributed by atoms with Crippen molar-refractivity contribution in [1.29, 1.82) is 0 Å². The lowest BCUT2D eigenvalue weighted by molar-refractivity contribution is -0.139. The standard InChI is InChI=1S/C16H27N3O2/c1-18-9-4-13(5-10-18)12-19-11-6-14(20)17-16(15(19)21)7-2-3-8-16/h13H,2-12H2,1H3,(H,17,20). The molecule has 2 aliphatic heterocycles. The van der Waals surface area contributed by atoms with Crippen molar-refractivity contribution in [2.75, 3.05) is 33.2 Å². The summed E-state index contributed by atoms with van der Waals surface area (Å²) in [5.41, 5.74) is -0.570. The van der Waals surface area contributed by atoms with Crippen LogP contribution in [0.3, 0.4) is 0 Å². The summed E-state index contributed by atoms with van der Waals surface area (Å²) in [5.74, 6) is 0.831. The van der Waals surface area contributed by atoms with E-state index < -0.39 is 5.54 Å². The molecule has 1 N–H and O–H groups in total. The highest BCUT2D eigenvalue weighted by Gasteiger charge is 2.46. The molecule has 3 aliphatic rings. The molecule has 2 heterocycles. The third kappa shape index (κ3) is 3.07. The Hall–Kier alpha value is -1.10. The van der Waals surface area contributed by atoms with E-state index >= 15 is 0 Å². The maximum absolute atomic E-state index is 13.0. The summed E-state index contributed by atoms with van der Waals surface area (Å²) >= 11 is 0. The molecule has 3 fully saturated rings. The van der Waals surface area contributed by atoms with Crippen LogP contribution in [0.2, 0.25) is 0 Å². The highest BCUT2D eigenvalue weighted by molar-refractivity contribution is 5.93. The maximum Gasteiger partial charge on any atom is 0.248 e. The van der Waals surface area contributed by atoms with Gasteiger partial charge in [-0.2, -0.15) is 0 Å². The fourth-order valence-electron chi connectivity index (χ4n) is 4.07. The molecule has 0 aromatic carbocycles. The molecule has 2 saturated heterocycles. The van der Waals surface area contributed by atoms with Gasteiger partial charge in [0.25, 0.3) is 0 Å². The third-order valence-corrected chi connectivity index (χ3v) is 5.46. The first kappa shape index (κ1) is 14.8. The molecule has 3 rings (SSSR count). The number of hydrogen-bond donors (Lipinski definition) is 1. The average molecular weight is 293 g/mol. The fraction of sp³-hybridized carbons (Fsp3) is 0.875. The number of likely N-dealkylation sites (tertiary alicyclic amines) is 1. The average Bonchev–Trinajstić information content (AvgIpc) is 2.90. The number of carbonyl (C=O) groups is 2. The third-order valence-electron chi connectivity index (χ3n) is 5.46. The summed E-state index contributed by atoms with van der Waals surface area (Å²) in [5, 5.41) is 3.04. The highest BCUT2D eigenvalue weighted by atomic mass is 16.2. The van der Waals surface area contributed by atoms with Crippen molar-refractivity contribution in [3.63, 3.8) is 0 Å². The van der Waals surface area contributed by atoms with Crippen LogP contribution in [-0.4, -0.2) is 60.4 Å². The molecular formula is C16H27N3O2. The van der Waals surface area contributed by atoms with E-state index in [2.05, 4.69) is 17.3 Å². The molecule has 0 aromatic rings. The number of hydrogen-bond acceptors (Lipinski definition) is 3. The molecular weight excluding hydrogens is 266 g/mol. The normalized spacial score (nSPS) is 28.0. The first-order valence-corrected chi connectivity index (χ1v) is 8.38. The predicted molar refractivity (Wildman–Crippen MR) is 80.8 cm³/mol. The van der Waals surface area contributed by atoms with Crippen LogP contribution in [-0.2, 0) is 9.59 Å². The zero-order chi connectivity index (χ0) is 14.9. The van der Waals surface area contributed by atoms with E-state index in [-0.39, 0.29) is 11.8 Å². The van der Waals surface area contributed by atoms with Gasteiger partial charge in [0.15, 0.2) is 0 Å². The van der Waals surface area contributed by atoms with E-state index in [1.807, 2.05) is 4.90 Å². The van der Waals surface area contributed by atoms with Crippen LogP contribution in [0, 0.1) is 5.92 Å². The molecule has 0 unspecified atom stereocenters. The minimum Gasteiger partial charge on any atom is -0.342 e. The van der Waals surface area contributed by atoms with Gasteiger partial charge in [-0.15, -0.1) is 0 Å². The van der Waals surface area contributed by atoms with E-state index in [0.29, 0.717) is 18.9 Å². The van der Waals surface area contributed by atoms with Crippen LogP contribution in [0.1, 0.15) is 44.9 Å². The van der Waals surface area contributed by atoms with E-state index in [1.54, 1.807) is 0 Å². The Morgan fingerprint density at radius 1 is 1.14 bits per heavy atom. The van der Waals surface area contributed by atoms with Gasteiger partial charge in [0.1, 0.15) is 5.54 Å². The zero-order valence-electron chi connectivity index (χ0n) is 13.1. The van der Waals surface area contributed by atoms with Crippen LogP contribution in [0.25, 0.3) is 0 Å². The van der Waals surface area contributed by atoms with Crippen molar-refractivity contribution in [3.05, 3.63) is 0 Å². The highest BCUT2D eigenvalue weighted by Crippen LogP contribution is 2.33. The summed E-state index contributed by atoms with van der Waals surface area (Å²) in [4.78, 5) is 29.3. The molecule has 5 nitrogen and oxygen atoms in total. The van der Waals surface area contributed by atoms with Crippen molar-refractivity contribution in [2.24, 2.45) is 5.92 Å². The van der Waals surface area contributed by atoms with Crippen LogP contribution in [0.5, 0.6) is 0 Å². The molecule has 5 heteroatoms. The van der Waals surface area contributed by atoms with Crippen molar-refractivity contribution in [1.82, 2.24) is 15.1 Å². The number of piperidine rings is 1. The molecule has 2 amide bonds.